The number of hydrazone groups is 1. The number of ether oxygens (including phenoxy) is 2. The lowest BCUT2D eigenvalue weighted by atomic mass is 10.1. The summed E-state index contributed by atoms with van der Waals surface area (Å²) >= 11 is 0. The van der Waals surface area contributed by atoms with E-state index in [4.69, 9.17) is 9.47 Å². The van der Waals surface area contributed by atoms with E-state index in [0.717, 1.165) is 16.9 Å². The molecule has 0 unspecified atom stereocenters. The molecule has 5 heteroatoms. The average Bonchev–Trinajstić information content (AvgIpc) is 2.59. The quantitative estimate of drug-likeness (QED) is 0.700. The summed E-state index contributed by atoms with van der Waals surface area (Å²) in [5, 5.41) is 4.16. The Balaban J connectivity index is 1.72. The van der Waals surface area contributed by atoms with Crippen molar-refractivity contribution in [2.75, 3.05) is 13.2 Å². The van der Waals surface area contributed by atoms with Crippen LogP contribution in [0.15, 0.2) is 47.6 Å². The van der Waals surface area contributed by atoms with Gasteiger partial charge in [0.05, 0.1) is 5.71 Å². The maximum Gasteiger partial charge on any atom is 0.271 e. The van der Waals surface area contributed by atoms with E-state index in [-0.39, 0.29) is 5.91 Å². The first kappa shape index (κ1) is 15.1. The fourth-order valence-electron chi connectivity index (χ4n) is 2.24. The predicted octanol–water partition coefficient (Wildman–Crippen LogP) is 2.92. The Morgan fingerprint density at radius 2 is 1.65 bits per heavy atom. The molecule has 1 heterocycles. The first-order valence-corrected chi connectivity index (χ1v) is 7.45. The van der Waals surface area contributed by atoms with Crippen LogP contribution in [-0.2, 0) is 0 Å². The predicted molar refractivity (Wildman–Crippen MR) is 88.3 cm³/mol. The number of benzene rings is 2. The smallest absolute Gasteiger partial charge is 0.271 e. The number of aryl methyl sites for hydroxylation is 1. The van der Waals surface area contributed by atoms with Crippen LogP contribution in [0.3, 0.4) is 0 Å². The number of rotatable bonds is 3. The number of hydrogen-bond acceptors (Lipinski definition) is 4. The molecule has 0 fully saturated rings. The molecule has 0 saturated heterocycles. The van der Waals surface area contributed by atoms with Crippen molar-refractivity contribution in [3.8, 4) is 11.5 Å². The summed E-state index contributed by atoms with van der Waals surface area (Å²) in [7, 11) is 0. The van der Waals surface area contributed by atoms with Crippen LogP contribution in [0, 0.1) is 6.92 Å². The minimum Gasteiger partial charge on any atom is -0.486 e. The van der Waals surface area contributed by atoms with Gasteiger partial charge in [-0.15, -0.1) is 0 Å². The molecule has 2 aromatic rings. The number of amides is 1. The van der Waals surface area contributed by atoms with Crippen molar-refractivity contribution in [3.63, 3.8) is 0 Å². The monoisotopic (exact) mass is 310 g/mol. The van der Waals surface area contributed by atoms with Crippen molar-refractivity contribution in [3.05, 3.63) is 59.2 Å². The summed E-state index contributed by atoms with van der Waals surface area (Å²) in [4.78, 5) is 12.1. The Hall–Kier alpha value is -2.82. The van der Waals surface area contributed by atoms with Crippen LogP contribution < -0.4 is 14.9 Å². The summed E-state index contributed by atoms with van der Waals surface area (Å²) in [6.07, 6.45) is 0. The van der Waals surface area contributed by atoms with E-state index in [1.165, 1.54) is 0 Å². The largest absolute Gasteiger partial charge is 0.486 e. The zero-order chi connectivity index (χ0) is 16.2. The molecule has 0 saturated carbocycles. The molecule has 1 aliphatic rings. The van der Waals surface area contributed by atoms with Gasteiger partial charge in [-0.1, -0.05) is 17.7 Å². The minimum absolute atomic E-state index is 0.234. The van der Waals surface area contributed by atoms with Gasteiger partial charge in [0.2, 0.25) is 0 Å². The third kappa shape index (κ3) is 3.51. The van der Waals surface area contributed by atoms with E-state index in [9.17, 15) is 4.79 Å². The van der Waals surface area contributed by atoms with Crippen molar-refractivity contribution < 1.29 is 14.3 Å². The molecule has 0 aliphatic carbocycles. The van der Waals surface area contributed by atoms with Gasteiger partial charge < -0.3 is 9.47 Å². The highest BCUT2D eigenvalue weighted by Crippen LogP contribution is 2.30. The molecule has 5 nitrogen and oxygen atoms in total. The third-order valence-corrected chi connectivity index (χ3v) is 3.60. The fraction of sp³-hybridized carbons (Fsp3) is 0.222. The van der Waals surface area contributed by atoms with Crippen molar-refractivity contribution in [2.45, 2.75) is 13.8 Å². The zero-order valence-electron chi connectivity index (χ0n) is 13.1. The molecule has 2 aromatic carbocycles. The topological polar surface area (TPSA) is 59.9 Å². The van der Waals surface area contributed by atoms with Crippen molar-refractivity contribution in [1.82, 2.24) is 5.43 Å². The van der Waals surface area contributed by atoms with Gasteiger partial charge in [0, 0.05) is 11.1 Å². The van der Waals surface area contributed by atoms with E-state index in [0.29, 0.717) is 30.2 Å². The summed E-state index contributed by atoms with van der Waals surface area (Å²) in [6.45, 7) is 4.91. The standard InChI is InChI=1S/C18H18N2O3/c1-12-3-5-14(6-4-12)18(21)20-19-13(2)15-7-8-16-17(11-15)23-10-9-22-16/h3-8,11H,9-10H2,1-2H3,(H,20,21)/b19-13-. The lowest BCUT2D eigenvalue weighted by Gasteiger charge is -2.18. The normalized spacial score (nSPS) is 13.6. The van der Waals surface area contributed by atoms with E-state index < -0.39 is 0 Å². The maximum absolute atomic E-state index is 12.1. The molecule has 118 valence electrons. The van der Waals surface area contributed by atoms with Crippen LogP contribution in [0.5, 0.6) is 11.5 Å². The fourth-order valence-corrected chi connectivity index (χ4v) is 2.24. The molecule has 0 aromatic heterocycles. The lowest BCUT2D eigenvalue weighted by molar-refractivity contribution is 0.0955. The van der Waals surface area contributed by atoms with Gasteiger partial charge in [-0.3, -0.25) is 4.79 Å². The Labute approximate surface area is 134 Å². The molecule has 23 heavy (non-hydrogen) atoms. The number of nitrogens with one attached hydrogen (secondary N) is 1. The Bertz CT molecular complexity index is 751. The molecule has 0 radical (unpaired) electrons. The second-order valence-electron chi connectivity index (χ2n) is 5.36. The van der Waals surface area contributed by atoms with Gasteiger partial charge in [0.15, 0.2) is 11.5 Å². The van der Waals surface area contributed by atoms with Crippen LogP contribution in [0.4, 0.5) is 0 Å². The Kier molecular flexibility index (Phi) is 4.28. The second-order valence-corrected chi connectivity index (χ2v) is 5.36. The Morgan fingerprint density at radius 1 is 1.00 bits per heavy atom. The number of nitrogens with zero attached hydrogens (tertiary/aromatic N) is 1. The average molecular weight is 310 g/mol. The van der Waals surface area contributed by atoms with E-state index in [1.807, 2.05) is 44.2 Å². The minimum atomic E-state index is -0.234. The molecule has 0 bridgehead atoms. The molecule has 1 aliphatic heterocycles. The number of carbonyl (C=O) groups is 1. The van der Waals surface area contributed by atoms with E-state index >= 15 is 0 Å². The molecule has 1 amide bonds. The summed E-state index contributed by atoms with van der Waals surface area (Å²) in [5.41, 5.74) is 5.83. The summed E-state index contributed by atoms with van der Waals surface area (Å²) < 4.78 is 11.0. The summed E-state index contributed by atoms with van der Waals surface area (Å²) in [6, 6.07) is 13.0. The highest BCUT2D eigenvalue weighted by Gasteiger charge is 2.13. The third-order valence-electron chi connectivity index (χ3n) is 3.60. The molecule has 3 rings (SSSR count). The van der Waals surface area contributed by atoms with Gasteiger partial charge in [-0.25, -0.2) is 5.43 Å². The van der Waals surface area contributed by atoms with Gasteiger partial charge in [-0.05, 0) is 44.2 Å². The number of carbonyl (C=O) groups excluding carboxylic acids is 1. The van der Waals surface area contributed by atoms with E-state index in [2.05, 4.69) is 10.5 Å². The Morgan fingerprint density at radius 3 is 2.39 bits per heavy atom. The van der Waals surface area contributed by atoms with Gasteiger partial charge in [0.25, 0.3) is 5.91 Å². The molecule has 0 spiro atoms. The van der Waals surface area contributed by atoms with Crippen LogP contribution in [-0.4, -0.2) is 24.8 Å². The van der Waals surface area contributed by atoms with E-state index in [1.54, 1.807) is 12.1 Å². The van der Waals surface area contributed by atoms with Crippen LogP contribution in [0.25, 0.3) is 0 Å². The summed E-state index contributed by atoms with van der Waals surface area (Å²) in [5.74, 6) is 1.20. The first-order chi connectivity index (χ1) is 11.1. The molecule has 1 N–H and O–H groups in total. The van der Waals surface area contributed by atoms with Crippen LogP contribution in [0.2, 0.25) is 0 Å². The molecular weight excluding hydrogens is 292 g/mol. The number of hydrogen-bond donors (Lipinski definition) is 1. The highest BCUT2D eigenvalue weighted by atomic mass is 16.6. The van der Waals surface area contributed by atoms with Crippen molar-refractivity contribution >= 4 is 11.6 Å². The highest BCUT2D eigenvalue weighted by molar-refractivity contribution is 6.01. The zero-order valence-corrected chi connectivity index (χ0v) is 13.1. The van der Waals surface area contributed by atoms with Gasteiger partial charge >= 0.3 is 0 Å². The lowest BCUT2D eigenvalue weighted by Crippen LogP contribution is -2.19. The van der Waals surface area contributed by atoms with Crippen LogP contribution in [0.1, 0.15) is 28.4 Å². The molecular formula is C18H18N2O3. The first-order valence-electron chi connectivity index (χ1n) is 7.45. The maximum atomic E-state index is 12.1. The molecule has 0 atom stereocenters. The van der Waals surface area contributed by atoms with Gasteiger partial charge in [0.1, 0.15) is 13.2 Å². The van der Waals surface area contributed by atoms with Gasteiger partial charge in [-0.2, -0.15) is 5.10 Å². The van der Waals surface area contributed by atoms with Crippen molar-refractivity contribution in [1.29, 1.82) is 0 Å². The van der Waals surface area contributed by atoms with Crippen molar-refractivity contribution in [2.24, 2.45) is 5.10 Å². The van der Waals surface area contributed by atoms with Crippen LogP contribution >= 0.6 is 0 Å². The SMILES string of the molecule is C/C(=N/NC(=O)c1ccc(C)cc1)c1ccc2c(c1)OCCO2. The second kappa shape index (κ2) is 6.52. The number of fused-ring (bicyclic) bond motifs is 1.